The molecule has 0 saturated carbocycles. The first-order valence-corrected chi connectivity index (χ1v) is 5.83. The molecule has 0 aliphatic rings. The fraction of sp³-hybridized carbons (Fsp3) is 0.167. The van der Waals surface area contributed by atoms with Crippen LogP contribution < -0.4 is 16.0 Å². The van der Waals surface area contributed by atoms with E-state index in [0.29, 0.717) is 22.1 Å². The van der Waals surface area contributed by atoms with Crippen molar-refractivity contribution >= 4 is 17.5 Å². The van der Waals surface area contributed by atoms with Crippen LogP contribution in [0.2, 0.25) is 5.02 Å². The summed E-state index contributed by atoms with van der Waals surface area (Å²) in [6, 6.07) is 5.11. The Morgan fingerprint density at radius 2 is 2.37 bits per heavy atom. The number of aryl methyl sites for hydroxylation is 1. The minimum Gasteiger partial charge on any atom is -0.483 e. The predicted molar refractivity (Wildman–Crippen MR) is 69.5 cm³/mol. The lowest BCUT2D eigenvalue weighted by molar-refractivity contribution is -0.123. The van der Waals surface area contributed by atoms with Gasteiger partial charge < -0.3 is 9.26 Å². The smallest absolute Gasteiger partial charge is 0.271 e. The summed E-state index contributed by atoms with van der Waals surface area (Å²) >= 11 is 6.08. The van der Waals surface area contributed by atoms with Gasteiger partial charge in [0.05, 0.1) is 11.8 Å². The van der Waals surface area contributed by atoms with Crippen LogP contribution in [-0.4, -0.2) is 17.7 Å². The number of rotatable bonds is 4. The minimum atomic E-state index is -0.434. The number of aromatic nitrogens is 1. The lowest BCUT2D eigenvalue weighted by Gasteiger charge is -2.11. The van der Waals surface area contributed by atoms with Crippen LogP contribution in [0.25, 0.3) is 11.3 Å². The Morgan fingerprint density at radius 3 is 3.00 bits per heavy atom. The van der Waals surface area contributed by atoms with Crippen molar-refractivity contribution in [3.8, 4) is 17.1 Å². The standard InChI is InChI=1S/C12H12ClN3O3/c1-7-4-11(18-6-12(17)16-14)8(5-9(7)13)10-2-3-15-19-10/h2-5H,6,14H2,1H3,(H,16,17). The van der Waals surface area contributed by atoms with Gasteiger partial charge in [0.1, 0.15) is 5.75 Å². The van der Waals surface area contributed by atoms with Gasteiger partial charge in [0.25, 0.3) is 5.91 Å². The molecule has 0 fully saturated rings. The van der Waals surface area contributed by atoms with E-state index >= 15 is 0 Å². The SMILES string of the molecule is Cc1cc(OCC(=O)NN)c(-c2ccno2)cc1Cl. The first-order chi connectivity index (χ1) is 9.11. The van der Waals surface area contributed by atoms with Crippen LogP contribution in [0.3, 0.4) is 0 Å². The highest BCUT2D eigenvalue weighted by atomic mass is 35.5. The summed E-state index contributed by atoms with van der Waals surface area (Å²) in [5.74, 6) is 5.54. The molecule has 7 heteroatoms. The van der Waals surface area contributed by atoms with Crippen molar-refractivity contribution in [1.29, 1.82) is 0 Å². The van der Waals surface area contributed by atoms with Crippen LogP contribution in [0.1, 0.15) is 5.56 Å². The lowest BCUT2D eigenvalue weighted by Crippen LogP contribution is -2.34. The number of amides is 1. The highest BCUT2D eigenvalue weighted by Gasteiger charge is 2.14. The molecule has 0 atom stereocenters. The van der Waals surface area contributed by atoms with Crippen LogP contribution >= 0.6 is 11.6 Å². The molecule has 1 aromatic carbocycles. The highest BCUT2D eigenvalue weighted by Crippen LogP contribution is 2.34. The summed E-state index contributed by atoms with van der Waals surface area (Å²) in [5.41, 5.74) is 3.44. The zero-order chi connectivity index (χ0) is 13.8. The number of nitrogens with one attached hydrogen (secondary N) is 1. The van der Waals surface area contributed by atoms with E-state index in [-0.39, 0.29) is 6.61 Å². The van der Waals surface area contributed by atoms with Crippen molar-refractivity contribution in [1.82, 2.24) is 10.6 Å². The molecule has 100 valence electrons. The van der Waals surface area contributed by atoms with Crippen molar-refractivity contribution < 1.29 is 14.1 Å². The monoisotopic (exact) mass is 281 g/mol. The summed E-state index contributed by atoms with van der Waals surface area (Å²) in [6.07, 6.45) is 1.51. The topological polar surface area (TPSA) is 90.4 Å². The van der Waals surface area contributed by atoms with E-state index in [9.17, 15) is 4.79 Å². The number of nitrogens with zero attached hydrogens (tertiary/aromatic N) is 1. The highest BCUT2D eigenvalue weighted by molar-refractivity contribution is 6.31. The molecule has 0 aliphatic heterocycles. The Hall–Kier alpha value is -2.05. The van der Waals surface area contributed by atoms with Gasteiger partial charge in [-0.15, -0.1) is 0 Å². The zero-order valence-corrected chi connectivity index (χ0v) is 10.9. The van der Waals surface area contributed by atoms with Crippen LogP contribution in [0, 0.1) is 6.92 Å². The lowest BCUT2D eigenvalue weighted by atomic mass is 10.1. The van der Waals surface area contributed by atoms with Crippen molar-refractivity contribution in [3.63, 3.8) is 0 Å². The Bertz CT molecular complexity index is 584. The van der Waals surface area contributed by atoms with Crippen molar-refractivity contribution in [2.24, 2.45) is 5.84 Å². The van der Waals surface area contributed by atoms with Crippen molar-refractivity contribution in [2.45, 2.75) is 6.92 Å². The number of hydrogen-bond donors (Lipinski definition) is 2. The van der Waals surface area contributed by atoms with Gasteiger partial charge in [-0.3, -0.25) is 10.2 Å². The molecule has 0 bridgehead atoms. The summed E-state index contributed by atoms with van der Waals surface area (Å²) < 4.78 is 10.5. The summed E-state index contributed by atoms with van der Waals surface area (Å²) in [7, 11) is 0. The second-order valence-electron chi connectivity index (χ2n) is 3.83. The molecule has 2 rings (SSSR count). The molecule has 6 nitrogen and oxygen atoms in total. The molecule has 1 amide bonds. The molecule has 0 aliphatic carbocycles. The number of hydrazine groups is 1. The van der Waals surface area contributed by atoms with E-state index in [1.807, 2.05) is 12.3 Å². The zero-order valence-electron chi connectivity index (χ0n) is 10.1. The molecule has 0 unspecified atom stereocenters. The maximum absolute atomic E-state index is 11.1. The Labute approximate surface area is 114 Å². The normalized spacial score (nSPS) is 10.3. The molecule has 0 saturated heterocycles. The second-order valence-corrected chi connectivity index (χ2v) is 4.24. The predicted octanol–water partition coefficient (Wildman–Crippen LogP) is 1.67. The van der Waals surface area contributed by atoms with E-state index in [4.69, 9.17) is 26.7 Å². The third-order valence-corrected chi connectivity index (χ3v) is 2.89. The number of halogens is 1. The van der Waals surface area contributed by atoms with E-state index in [1.54, 1.807) is 18.2 Å². The van der Waals surface area contributed by atoms with Gasteiger partial charge in [0.2, 0.25) is 0 Å². The Balaban J connectivity index is 2.35. The minimum absolute atomic E-state index is 0.196. The average molecular weight is 282 g/mol. The van der Waals surface area contributed by atoms with E-state index in [2.05, 4.69) is 5.16 Å². The number of carbonyl (C=O) groups is 1. The summed E-state index contributed by atoms with van der Waals surface area (Å²) in [4.78, 5) is 11.1. The van der Waals surface area contributed by atoms with Crippen molar-refractivity contribution in [2.75, 3.05) is 6.61 Å². The third-order valence-electron chi connectivity index (χ3n) is 2.48. The second kappa shape index (κ2) is 5.73. The van der Waals surface area contributed by atoms with Gasteiger partial charge in [-0.1, -0.05) is 16.8 Å². The van der Waals surface area contributed by atoms with Gasteiger partial charge in [-0.2, -0.15) is 0 Å². The number of hydrogen-bond acceptors (Lipinski definition) is 5. The molecular weight excluding hydrogens is 270 g/mol. The van der Waals surface area contributed by atoms with Crippen LogP contribution in [0.5, 0.6) is 5.75 Å². The first-order valence-electron chi connectivity index (χ1n) is 5.45. The number of nitrogens with two attached hydrogens (primary N) is 1. The molecule has 0 spiro atoms. The quantitative estimate of drug-likeness (QED) is 0.505. The largest absolute Gasteiger partial charge is 0.483 e. The number of ether oxygens (including phenoxy) is 1. The molecule has 1 heterocycles. The van der Waals surface area contributed by atoms with Gasteiger partial charge >= 0.3 is 0 Å². The fourth-order valence-corrected chi connectivity index (χ4v) is 1.67. The van der Waals surface area contributed by atoms with Gasteiger partial charge in [-0.25, -0.2) is 5.84 Å². The molecule has 1 aromatic heterocycles. The van der Waals surface area contributed by atoms with E-state index in [1.165, 1.54) is 6.20 Å². The van der Waals surface area contributed by atoms with Crippen LogP contribution in [-0.2, 0) is 4.79 Å². The van der Waals surface area contributed by atoms with E-state index in [0.717, 1.165) is 5.56 Å². The third kappa shape index (κ3) is 3.04. The molecule has 2 aromatic rings. The maximum Gasteiger partial charge on any atom is 0.271 e. The van der Waals surface area contributed by atoms with Gasteiger partial charge in [0.15, 0.2) is 12.4 Å². The van der Waals surface area contributed by atoms with Crippen LogP contribution in [0.15, 0.2) is 28.9 Å². The van der Waals surface area contributed by atoms with Crippen LogP contribution in [0.4, 0.5) is 0 Å². The maximum atomic E-state index is 11.1. The van der Waals surface area contributed by atoms with Crippen molar-refractivity contribution in [3.05, 3.63) is 35.0 Å². The fourth-order valence-electron chi connectivity index (χ4n) is 1.51. The molecule has 0 radical (unpaired) electrons. The molecule has 19 heavy (non-hydrogen) atoms. The Morgan fingerprint density at radius 1 is 1.58 bits per heavy atom. The first kappa shape index (κ1) is 13.4. The van der Waals surface area contributed by atoms with Gasteiger partial charge in [0, 0.05) is 11.1 Å². The Kier molecular flexibility index (Phi) is 4.03. The molecular formula is C12H12ClN3O3. The number of benzene rings is 1. The average Bonchev–Trinajstić information content (AvgIpc) is 2.93. The van der Waals surface area contributed by atoms with Gasteiger partial charge in [-0.05, 0) is 24.6 Å². The number of carbonyl (C=O) groups excluding carboxylic acids is 1. The summed E-state index contributed by atoms with van der Waals surface area (Å²) in [6.45, 7) is 1.64. The molecule has 3 N–H and O–H groups in total. The van der Waals surface area contributed by atoms with E-state index < -0.39 is 5.91 Å². The summed E-state index contributed by atoms with van der Waals surface area (Å²) in [5, 5.41) is 4.20.